The first-order valence-corrected chi connectivity index (χ1v) is 5.88. The lowest BCUT2D eigenvalue weighted by Gasteiger charge is -2.18. The fourth-order valence-electron chi connectivity index (χ4n) is 1.96. The number of hydrogen-bond donors (Lipinski definition) is 2. The van der Waals surface area contributed by atoms with Gasteiger partial charge in [-0.05, 0) is 19.9 Å². The van der Waals surface area contributed by atoms with Crippen molar-refractivity contribution in [2.75, 3.05) is 6.61 Å². The van der Waals surface area contributed by atoms with Gasteiger partial charge in [0, 0.05) is 12.0 Å². The van der Waals surface area contributed by atoms with Gasteiger partial charge in [0.1, 0.15) is 18.2 Å². The minimum absolute atomic E-state index is 0.0512. The predicted molar refractivity (Wildman–Crippen MR) is 67.5 cm³/mol. The predicted octanol–water partition coefficient (Wildman–Crippen LogP) is 0.591. The molecule has 18 heavy (non-hydrogen) atoms. The molecule has 1 aromatic carbocycles. The number of carbonyl (C=O) groups is 1. The summed E-state index contributed by atoms with van der Waals surface area (Å²) < 4.78 is 11.4. The molecule has 0 bridgehead atoms. The van der Waals surface area contributed by atoms with E-state index in [2.05, 4.69) is 0 Å². The minimum atomic E-state index is -0.810. The van der Waals surface area contributed by atoms with Crippen molar-refractivity contribution < 1.29 is 14.3 Å². The summed E-state index contributed by atoms with van der Waals surface area (Å²) in [5.74, 6) is 0.762. The number of benzene rings is 1. The molecule has 0 saturated heterocycles. The number of carbonyl (C=O) groups excluding carboxylic acids is 1. The van der Waals surface area contributed by atoms with Crippen LogP contribution in [0.4, 0.5) is 0 Å². The van der Waals surface area contributed by atoms with Crippen LogP contribution in [-0.4, -0.2) is 24.2 Å². The molecule has 1 heterocycles. The van der Waals surface area contributed by atoms with Gasteiger partial charge < -0.3 is 20.9 Å². The van der Waals surface area contributed by atoms with E-state index in [1.54, 1.807) is 6.07 Å². The number of ether oxygens (including phenoxy) is 2. The SMILES string of the molecule is CC1(C)Cc2cccc(OCC(N)C(N)=O)c2O1. The Kier molecular flexibility index (Phi) is 3.17. The van der Waals surface area contributed by atoms with Crippen molar-refractivity contribution in [3.63, 3.8) is 0 Å². The van der Waals surface area contributed by atoms with E-state index in [9.17, 15) is 4.79 Å². The van der Waals surface area contributed by atoms with Crippen LogP contribution in [0.25, 0.3) is 0 Å². The second-order valence-electron chi connectivity index (χ2n) is 5.10. The highest BCUT2D eigenvalue weighted by molar-refractivity contribution is 5.79. The lowest BCUT2D eigenvalue weighted by Crippen LogP contribution is -2.41. The molecule has 0 saturated carbocycles. The van der Waals surface area contributed by atoms with Crippen molar-refractivity contribution in [3.8, 4) is 11.5 Å². The van der Waals surface area contributed by atoms with E-state index in [0.717, 1.165) is 17.7 Å². The average molecular weight is 250 g/mol. The van der Waals surface area contributed by atoms with Crippen LogP contribution in [0.2, 0.25) is 0 Å². The van der Waals surface area contributed by atoms with Gasteiger partial charge >= 0.3 is 0 Å². The Morgan fingerprint density at radius 2 is 2.28 bits per heavy atom. The maximum atomic E-state index is 10.8. The van der Waals surface area contributed by atoms with Crippen LogP contribution in [0, 0.1) is 0 Å². The van der Waals surface area contributed by atoms with Crippen molar-refractivity contribution in [1.82, 2.24) is 0 Å². The first kappa shape index (κ1) is 12.7. The van der Waals surface area contributed by atoms with Crippen molar-refractivity contribution in [2.24, 2.45) is 11.5 Å². The number of hydrogen-bond acceptors (Lipinski definition) is 4. The zero-order chi connectivity index (χ0) is 13.3. The zero-order valence-corrected chi connectivity index (χ0v) is 10.6. The third-order valence-electron chi connectivity index (χ3n) is 2.84. The normalized spacial score (nSPS) is 17.7. The maximum absolute atomic E-state index is 10.8. The fraction of sp³-hybridized carbons (Fsp3) is 0.462. The summed E-state index contributed by atoms with van der Waals surface area (Å²) in [6.07, 6.45) is 0.835. The van der Waals surface area contributed by atoms with Crippen LogP contribution < -0.4 is 20.9 Å². The average Bonchev–Trinajstić information content (AvgIpc) is 2.59. The molecule has 1 aliphatic heterocycles. The molecule has 5 heteroatoms. The Labute approximate surface area is 106 Å². The molecule has 0 aromatic heterocycles. The van der Waals surface area contributed by atoms with Crippen molar-refractivity contribution in [2.45, 2.75) is 31.9 Å². The van der Waals surface area contributed by atoms with Gasteiger partial charge in [-0.25, -0.2) is 0 Å². The molecule has 1 aromatic rings. The molecule has 2 rings (SSSR count). The third-order valence-corrected chi connectivity index (χ3v) is 2.84. The van der Waals surface area contributed by atoms with Gasteiger partial charge in [-0.2, -0.15) is 0 Å². The molecular formula is C13H18N2O3. The molecule has 0 spiro atoms. The molecule has 4 N–H and O–H groups in total. The summed E-state index contributed by atoms with van der Waals surface area (Å²) in [6.45, 7) is 4.09. The van der Waals surface area contributed by atoms with Crippen LogP contribution in [0.5, 0.6) is 11.5 Å². The topological polar surface area (TPSA) is 87.6 Å². The summed E-state index contributed by atoms with van der Waals surface area (Å²) in [7, 11) is 0. The van der Waals surface area contributed by atoms with Crippen molar-refractivity contribution >= 4 is 5.91 Å². The van der Waals surface area contributed by atoms with Gasteiger partial charge in [0.15, 0.2) is 11.5 Å². The van der Waals surface area contributed by atoms with Crippen LogP contribution in [0.15, 0.2) is 18.2 Å². The first-order chi connectivity index (χ1) is 8.39. The number of para-hydroxylation sites is 1. The van der Waals surface area contributed by atoms with Gasteiger partial charge in [-0.15, -0.1) is 0 Å². The number of fused-ring (bicyclic) bond motifs is 1. The van der Waals surface area contributed by atoms with Crippen LogP contribution in [0.1, 0.15) is 19.4 Å². The third kappa shape index (κ3) is 2.56. The van der Waals surface area contributed by atoms with Gasteiger partial charge in [0.2, 0.25) is 5.91 Å². The summed E-state index contributed by atoms with van der Waals surface area (Å²) in [5.41, 5.74) is 11.5. The highest BCUT2D eigenvalue weighted by Gasteiger charge is 2.32. The number of rotatable bonds is 4. The van der Waals surface area contributed by atoms with E-state index in [1.807, 2.05) is 26.0 Å². The quantitative estimate of drug-likeness (QED) is 0.818. The molecule has 0 radical (unpaired) electrons. The van der Waals surface area contributed by atoms with Crippen LogP contribution in [-0.2, 0) is 11.2 Å². The Bertz CT molecular complexity index is 471. The molecule has 0 fully saturated rings. The van der Waals surface area contributed by atoms with E-state index < -0.39 is 11.9 Å². The lowest BCUT2D eigenvalue weighted by molar-refractivity contribution is -0.119. The molecule has 1 atom stereocenters. The Morgan fingerprint density at radius 1 is 1.56 bits per heavy atom. The van der Waals surface area contributed by atoms with E-state index in [0.29, 0.717) is 5.75 Å². The van der Waals surface area contributed by atoms with Gasteiger partial charge in [-0.3, -0.25) is 4.79 Å². The highest BCUT2D eigenvalue weighted by atomic mass is 16.5. The molecule has 1 unspecified atom stereocenters. The van der Waals surface area contributed by atoms with Crippen LogP contribution in [0.3, 0.4) is 0 Å². The maximum Gasteiger partial charge on any atom is 0.237 e. The van der Waals surface area contributed by atoms with E-state index >= 15 is 0 Å². The number of nitrogens with two attached hydrogens (primary N) is 2. The van der Waals surface area contributed by atoms with Crippen LogP contribution >= 0.6 is 0 Å². The Balaban J connectivity index is 2.12. The molecule has 1 aliphatic rings. The van der Waals surface area contributed by atoms with Crippen molar-refractivity contribution in [1.29, 1.82) is 0 Å². The Morgan fingerprint density at radius 3 is 2.94 bits per heavy atom. The van der Waals surface area contributed by atoms with E-state index in [4.69, 9.17) is 20.9 Å². The molecule has 98 valence electrons. The lowest BCUT2D eigenvalue weighted by atomic mass is 10.0. The smallest absolute Gasteiger partial charge is 0.237 e. The second kappa shape index (κ2) is 4.49. The Hall–Kier alpha value is -1.75. The second-order valence-corrected chi connectivity index (χ2v) is 5.10. The van der Waals surface area contributed by atoms with Crippen molar-refractivity contribution in [3.05, 3.63) is 23.8 Å². The first-order valence-electron chi connectivity index (χ1n) is 5.88. The minimum Gasteiger partial charge on any atom is -0.488 e. The van der Waals surface area contributed by atoms with E-state index in [-0.39, 0.29) is 12.2 Å². The summed E-state index contributed by atoms with van der Waals surface area (Å²) in [4.78, 5) is 10.8. The van der Waals surface area contributed by atoms with Gasteiger partial charge in [-0.1, -0.05) is 12.1 Å². The summed E-state index contributed by atoms with van der Waals surface area (Å²) >= 11 is 0. The molecule has 1 amide bonds. The monoisotopic (exact) mass is 250 g/mol. The van der Waals surface area contributed by atoms with Gasteiger partial charge in [0.05, 0.1) is 0 Å². The van der Waals surface area contributed by atoms with Gasteiger partial charge in [0.25, 0.3) is 0 Å². The van der Waals surface area contributed by atoms with E-state index in [1.165, 1.54) is 0 Å². The summed E-state index contributed by atoms with van der Waals surface area (Å²) in [6, 6.07) is 4.89. The summed E-state index contributed by atoms with van der Waals surface area (Å²) in [5, 5.41) is 0. The molecule has 5 nitrogen and oxygen atoms in total. The number of amides is 1. The standard InChI is InChI=1S/C13H18N2O3/c1-13(2)6-8-4-3-5-10(11(8)18-13)17-7-9(14)12(15)16/h3-5,9H,6-7,14H2,1-2H3,(H2,15,16). The fourth-order valence-corrected chi connectivity index (χ4v) is 1.96. The number of primary amides is 1. The highest BCUT2D eigenvalue weighted by Crippen LogP contribution is 2.41. The largest absolute Gasteiger partial charge is 0.488 e. The molecule has 0 aliphatic carbocycles. The zero-order valence-electron chi connectivity index (χ0n) is 10.6. The molecular weight excluding hydrogens is 232 g/mol.